The molecule has 2 aromatic heterocycles. The second-order valence-electron chi connectivity index (χ2n) is 12.3. The van der Waals surface area contributed by atoms with Crippen LogP contribution in [-0.4, -0.2) is 165 Å². The zero-order chi connectivity index (χ0) is 46.8. The van der Waals surface area contributed by atoms with E-state index in [0.29, 0.717) is 0 Å². The average molecular weight is 1070 g/mol. The normalized spacial score (nSPS) is 11.7. The van der Waals surface area contributed by atoms with Crippen molar-refractivity contribution in [3.8, 4) is 5.75 Å². The summed E-state index contributed by atoms with van der Waals surface area (Å²) in [4.78, 5) is 24.1. The van der Waals surface area contributed by atoms with Crippen LogP contribution in [0.3, 0.4) is 0 Å². The Morgan fingerprint density at radius 2 is 0.941 bits per heavy atom. The molecule has 0 saturated carbocycles. The Bertz CT molecular complexity index is 2600. The van der Waals surface area contributed by atoms with Crippen LogP contribution in [0.5, 0.6) is 5.75 Å². The molecule has 0 amide bonds. The van der Waals surface area contributed by atoms with Crippen LogP contribution in [0.15, 0.2) is 41.3 Å². The molecule has 0 bridgehead atoms. The van der Waals surface area contributed by atoms with Gasteiger partial charge in [-0.15, -0.1) is 0 Å². The van der Waals surface area contributed by atoms with E-state index in [-0.39, 0.29) is 248 Å². The quantitative estimate of drug-likeness (QED) is 0.00823. The molecule has 0 radical (unpaired) electrons. The van der Waals surface area contributed by atoms with Crippen LogP contribution in [-0.2, 0) is 51.2 Å². The number of anilines is 8. The maximum Gasteiger partial charge on any atom is 1.00 e. The summed E-state index contributed by atoms with van der Waals surface area (Å²) in [6, 6.07) is 7.57. The van der Waals surface area contributed by atoms with Crippen molar-refractivity contribution >= 4 is 101 Å². The summed E-state index contributed by atoms with van der Waals surface area (Å²) in [6.45, 7) is -0.386. The zero-order valence-corrected chi connectivity index (χ0v) is 48.3. The van der Waals surface area contributed by atoms with Crippen molar-refractivity contribution in [1.29, 1.82) is 0 Å². The summed E-state index contributed by atoms with van der Waals surface area (Å²) >= 11 is -3.12. The molecule has 4 aromatic rings. The van der Waals surface area contributed by atoms with Crippen LogP contribution >= 0.6 is 0 Å². The third-order valence-electron chi connectivity index (χ3n) is 7.48. The predicted octanol–water partition coefficient (Wildman–Crippen LogP) is -13.4. The second kappa shape index (κ2) is 33.3. The van der Waals surface area contributed by atoms with Crippen molar-refractivity contribution in [1.82, 2.24) is 29.9 Å². The minimum Gasteiger partial charge on any atom is -0.748 e. The first kappa shape index (κ1) is 66.5. The van der Waals surface area contributed by atoms with Crippen molar-refractivity contribution in [2.45, 2.75) is 4.90 Å². The van der Waals surface area contributed by atoms with E-state index in [2.05, 4.69) is 61.8 Å². The summed E-state index contributed by atoms with van der Waals surface area (Å²) in [6.07, 6.45) is 2.45. The van der Waals surface area contributed by atoms with Crippen LogP contribution in [0.2, 0.25) is 0 Å². The molecule has 28 nitrogen and oxygen atoms in total. The van der Waals surface area contributed by atoms with E-state index in [1.165, 1.54) is 42.5 Å². The Morgan fingerprint density at radius 1 is 0.559 bits per heavy atom. The molecule has 0 saturated heterocycles. The first-order chi connectivity index (χ1) is 30.3. The first-order valence-corrected chi connectivity index (χ1v) is 23.8. The number of nitrogens with one attached hydrogen (secondary N) is 6. The monoisotopic (exact) mass is 1070 g/mol. The molecule has 0 aliphatic carbocycles. The standard InChI is InChI=1S/C32H44N12O16S4.4Na/c45-11-15-58-13-7-33-27-39-29(35-9-17-62(49,50)51)43-31(41-27)37-23-5-3-21(25(19-23)60-61(47)48)1-2-22-4-6-24(20-26(22)64(55,56)57)38-32-42-28(34-8-14-59-16-12-46)40-30(44-32)36-10-18-63(52,53)54;;;;/h1-6,19-20,45-46H,7-18H2,(H,47,48)(H,49,50,51)(H,52,53,54)(H,55,56,57)(H3,33,35,37,39,41,43)(H3,34,36,38,40,42,44);;;;/q;4*+1/p-4. The number of aliphatic hydroxyl groups is 2. The molecule has 1 atom stereocenters. The molecule has 36 heteroatoms. The van der Waals surface area contributed by atoms with Crippen LogP contribution in [0, 0.1) is 0 Å². The van der Waals surface area contributed by atoms with Gasteiger partial charge >= 0.3 is 118 Å². The molecule has 1 unspecified atom stereocenters. The smallest absolute Gasteiger partial charge is 0.748 e. The van der Waals surface area contributed by atoms with E-state index < -0.39 is 58.1 Å². The van der Waals surface area contributed by atoms with Gasteiger partial charge in [0.15, 0.2) is 0 Å². The predicted molar refractivity (Wildman–Crippen MR) is 224 cm³/mol. The Labute approximate surface area is 482 Å². The van der Waals surface area contributed by atoms with E-state index in [0.717, 1.165) is 6.07 Å². The first-order valence-electron chi connectivity index (χ1n) is 18.3. The fourth-order valence-corrected chi connectivity index (χ4v) is 6.55. The van der Waals surface area contributed by atoms with Gasteiger partial charge in [0.1, 0.15) is 27.2 Å². The van der Waals surface area contributed by atoms with E-state index in [9.17, 15) is 47.7 Å². The fraction of sp³-hybridized carbons (Fsp3) is 0.375. The molecule has 2 aromatic carbocycles. The van der Waals surface area contributed by atoms with Gasteiger partial charge in [0.2, 0.25) is 35.7 Å². The maximum absolute atomic E-state index is 12.5. The van der Waals surface area contributed by atoms with E-state index in [1.807, 2.05) is 0 Å². The van der Waals surface area contributed by atoms with E-state index in [4.69, 9.17) is 23.9 Å². The fourth-order valence-electron chi connectivity index (χ4n) is 4.86. The number of benzene rings is 2. The van der Waals surface area contributed by atoms with Crippen molar-refractivity contribution in [2.24, 2.45) is 0 Å². The Morgan fingerprint density at radius 3 is 1.34 bits per heavy atom. The molecule has 8 N–H and O–H groups in total. The van der Waals surface area contributed by atoms with Gasteiger partial charge in [-0.3, -0.25) is 0 Å². The number of nitrogens with zero attached hydrogens (tertiary/aromatic N) is 6. The SMILES string of the molecule is O=S([O-])Oc1cc(Nc2nc(NCCOCCO)nc(NCCS(=O)(=O)[O-])n2)ccc1C=Cc1ccc(Nc2nc(NCCOCCO)nc(NCCS(=O)(=O)[O-])n2)cc1S(=O)(=O)[O-].[Na+].[Na+].[Na+].[Na+]. The van der Waals surface area contributed by atoms with Gasteiger partial charge in [0, 0.05) is 49.2 Å². The topological polar surface area (TPSA) is 429 Å². The molecular weight excluding hydrogens is 1030 g/mol. The third-order valence-corrected chi connectivity index (χ3v) is 10.1. The molecular formula is C32H40N12Na4O16S4. The third kappa shape index (κ3) is 26.3. The van der Waals surface area contributed by atoms with Gasteiger partial charge < -0.3 is 74.0 Å². The van der Waals surface area contributed by atoms with Crippen LogP contribution in [0.1, 0.15) is 11.1 Å². The van der Waals surface area contributed by atoms with Crippen LogP contribution < -0.4 is 154 Å². The number of hydrogen-bond acceptors (Lipinski definition) is 28. The van der Waals surface area contributed by atoms with E-state index >= 15 is 0 Å². The minimum atomic E-state index is -5.18. The minimum absolute atomic E-state index is 0. The molecule has 0 aliphatic rings. The van der Waals surface area contributed by atoms with Crippen molar-refractivity contribution in [3.05, 3.63) is 47.5 Å². The van der Waals surface area contributed by atoms with Crippen molar-refractivity contribution in [2.75, 3.05) is 109 Å². The molecule has 0 spiro atoms. The number of ether oxygens (including phenoxy) is 2. The van der Waals surface area contributed by atoms with Gasteiger partial charge in [-0.25, -0.2) is 29.5 Å². The summed E-state index contributed by atoms with van der Waals surface area (Å²) in [7, 11) is -14.3. The molecule has 4 rings (SSSR count). The molecule has 0 aliphatic heterocycles. The van der Waals surface area contributed by atoms with Crippen molar-refractivity contribution in [3.63, 3.8) is 0 Å². The summed E-state index contributed by atoms with van der Waals surface area (Å²) in [5.74, 6) is -2.65. The van der Waals surface area contributed by atoms with Gasteiger partial charge in [-0.2, -0.15) is 29.9 Å². The zero-order valence-electron chi connectivity index (χ0n) is 37.0. The number of aromatic nitrogens is 6. The maximum atomic E-state index is 12.5. The van der Waals surface area contributed by atoms with Gasteiger partial charge in [0.05, 0.1) is 76.3 Å². The largest absolute Gasteiger partial charge is 1.00 e. The Hall–Kier alpha value is -1.52. The molecule has 2 heterocycles. The average Bonchev–Trinajstić information content (AvgIpc) is 3.19. The number of rotatable bonds is 29. The van der Waals surface area contributed by atoms with Gasteiger partial charge in [0.25, 0.3) is 0 Å². The Balaban J connectivity index is 0.0000112. The molecule has 0 fully saturated rings. The Kier molecular flexibility index (Phi) is 32.5. The van der Waals surface area contributed by atoms with Crippen LogP contribution in [0.4, 0.5) is 47.1 Å². The number of aliphatic hydroxyl groups excluding tert-OH is 2. The van der Waals surface area contributed by atoms with E-state index in [1.54, 1.807) is 0 Å². The molecule has 352 valence electrons. The second-order valence-corrected chi connectivity index (χ2v) is 17.3. The van der Waals surface area contributed by atoms with Crippen molar-refractivity contribution < 1.29 is 190 Å². The molecule has 68 heavy (non-hydrogen) atoms. The van der Waals surface area contributed by atoms with Crippen LogP contribution in [0.25, 0.3) is 12.2 Å². The summed E-state index contributed by atoms with van der Waals surface area (Å²) in [5.41, 5.74) is 0.0681. The summed E-state index contributed by atoms with van der Waals surface area (Å²) in [5, 5.41) is 34.2. The number of hydrogen-bond donors (Lipinski definition) is 8. The summed E-state index contributed by atoms with van der Waals surface area (Å²) < 4.78 is 143. The van der Waals surface area contributed by atoms with Gasteiger partial charge in [-0.05, 0) is 29.8 Å². The van der Waals surface area contributed by atoms with Gasteiger partial charge in [-0.1, -0.05) is 18.2 Å².